The van der Waals surface area contributed by atoms with Gasteiger partial charge in [-0.3, -0.25) is 4.79 Å². The zero-order valence-electron chi connectivity index (χ0n) is 11.1. The molecule has 104 valence electrons. The highest BCUT2D eigenvalue weighted by Gasteiger charge is 2.26. The number of halogens is 2. The van der Waals surface area contributed by atoms with Crippen LogP contribution < -0.4 is 10.6 Å². The molecule has 2 N–H and O–H groups in total. The van der Waals surface area contributed by atoms with E-state index in [0.717, 1.165) is 12.1 Å². The van der Waals surface area contributed by atoms with E-state index in [1.807, 2.05) is 0 Å². The lowest BCUT2D eigenvalue weighted by atomic mass is 9.99. The minimum absolute atomic E-state index is 0.0304. The largest absolute Gasteiger partial charge is 0.348 e. The molecule has 1 aromatic carbocycles. The third-order valence-corrected chi connectivity index (χ3v) is 3.13. The Kier molecular flexibility index (Phi) is 4.14. The minimum atomic E-state index is -2.55. The average Bonchev–Trinajstić information content (AvgIpc) is 2.70. The van der Waals surface area contributed by atoms with Crippen molar-refractivity contribution in [2.24, 2.45) is 5.92 Å². The molecule has 0 unspecified atom stereocenters. The molecule has 0 saturated heterocycles. The third kappa shape index (κ3) is 3.10. The summed E-state index contributed by atoms with van der Waals surface area (Å²) in [5, 5.41) is 5.79. The molecule has 0 atom stereocenters. The van der Waals surface area contributed by atoms with Crippen LogP contribution in [-0.2, 0) is 13.1 Å². The van der Waals surface area contributed by atoms with Gasteiger partial charge in [-0.25, -0.2) is 8.78 Å². The van der Waals surface area contributed by atoms with Crippen LogP contribution in [-0.4, -0.2) is 12.5 Å². The number of hydrogen-bond acceptors (Lipinski definition) is 2. The Morgan fingerprint density at radius 3 is 2.74 bits per heavy atom. The van der Waals surface area contributed by atoms with Gasteiger partial charge in [-0.05, 0) is 35.7 Å². The van der Waals surface area contributed by atoms with Crippen molar-refractivity contribution in [2.75, 3.05) is 6.54 Å². The van der Waals surface area contributed by atoms with Gasteiger partial charge in [0.25, 0.3) is 12.3 Å². The average molecular weight is 268 g/mol. The lowest BCUT2D eigenvalue weighted by Gasteiger charge is -2.11. The molecule has 1 aromatic rings. The number of fused-ring (bicyclic) bond motifs is 1. The van der Waals surface area contributed by atoms with Gasteiger partial charge in [0.1, 0.15) is 0 Å². The van der Waals surface area contributed by atoms with Crippen LogP contribution >= 0.6 is 0 Å². The van der Waals surface area contributed by atoms with Gasteiger partial charge in [-0.15, -0.1) is 0 Å². The Hall–Kier alpha value is -1.49. The molecule has 2 rings (SSSR count). The number of benzene rings is 1. The molecule has 0 fully saturated rings. The quantitative estimate of drug-likeness (QED) is 0.862. The van der Waals surface area contributed by atoms with E-state index in [1.165, 1.54) is 6.07 Å². The van der Waals surface area contributed by atoms with E-state index in [4.69, 9.17) is 0 Å². The van der Waals surface area contributed by atoms with Gasteiger partial charge in [0, 0.05) is 24.2 Å². The molecule has 0 spiro atoms. The Bertz CT molecular complexity index is 487. The topological polar surface area (TPSA) is 41.1 Å². The summed E-state index contributed by atoms with van der Waals surface area (Å²) < 4.78 is 26.0. The molecule has 0 saturated carbocycles. The van der Waals surface area contributed by atoms with Crippen molar-refractivity contribution in [1.82, 2.24) is 10.6 Å². The van der Waals surface area contributed by atoms with E-state index in [0.29, 0.717) is 23.6 Å². The van der Waals surface area contributed by atoms with E-state index < -0.39 is 6.43 Å². The monoisotopic (exact) mass is 268 g/mol. The van der Waals surface area contributed by atoms with Crippen molar-refractivity contribution in [3.05, 3.63) is 34.4 Å². The van der Waals surface area contributed by atoms with Gasteiger partial charge in [-0.1, -0.05) is 13.8 Å². The van der Waals surface area contributed by atoms with Crippen LogP contribution in [0, 0.1) is 5.92 Å². The smallest absolute Gasteiger partial charge is 0.264 e. The second-order valence-corrected chi connectivity index (χ2v) is 5.22. The second-order valence-electron chi connectivity index (χ2n) is 5.22. The molecule has 1 aliphatic rings. The fourth-order valence-electron chi connectivity index (χ4n) is 2.22. The predicted octanol–water partition coefficient (Wildman–Crippen LogP) is 2.61. The Morgan fingerprint density at radius 2 is 2.11 bits per heavy atom. The predicted molar refractivity (Wildman–Crippen MR) is 69.1 cm³/mol. The number of amides is 1. The highest BCUT2D eigenvalue weighted by Crippen LogP contribution is 2.29. The van der Waals surface area contributed by atoms with Crippen LogP contribution in [0.25, 0.3) is 0 Å². The first-order valence-electron chi connectivity index (χ1n) is 6.41. The first kappa shape index (κ1) is 13.9. The third-order valence-electron chi connectivity index (χ3n) is 3.13. The summed E-state index contributed by atoms with van der Waals surface area (Å²) in [7, 11) is 0. The number of hydrogen-bond donors (Lipinski definition) is 2. The van der Waals surface area contributed by atoms with Crippen molar-refractivity contribution in [2.45, 2.75) is 33.4 Å². The van der Waals surface area contributed by atoms with Crippen molar-refractivity contribution in [3.63, 3.8) is 0 Å². The van der Waals surface area contributed by atoms with Crippen LogP contribution in [0.3, 0.4) is 0 Å². The molecule has 1 amide bonds. The molecule has 0 aromatic heterocycles. The number of rotatable bonds is 5. The molecule has 0 bridgehead atoms. The summed E-state index contributed by atoms with van der Waals surface area (Å²) in [5.41, 5.74) is 1.52. The summed E-state index contributed by atoms with van der Waals surface area (Å²) >= 11 is 0. The van der Waals surface area contributed by atoms with Gasteiger partial charge >= 0.3 is 0 Å². The maximum Gasteiger partial charge on any atom is 0.264 e. The fraction of sp³-hybridized carbons (Fsp3) is 0.500. The second kappa shape index (κ2) is 5.65. The normalized spacial score (nSPS) is 14.1. The number of carbonyl (C=O) groups excluding carboxylic acids is 1. The van der Waals surface area contributed by atoms with E-state index in [1.54, 1.807) is 6.07 Å². The standard InChI is InChI=1S/C14H18F2N2O/c1-8(2)5-17-6-9-3-10(13(15)16)12-7-18-14(19)11(12)4-9/h3-4,8,13,17H,5-7H2,1-2H3,(H,18,19). The van der Waals surface area contributed by atoms with E-state index in [-0.39, 0.29) is 18.0 Å². The Balaban J connectivity index is 2.23. The maximum atomic E-state index is 13.0. The summed E-state index contributed by atoms with van der Waals surface area (Å²) in [6.07, 6.45) is -2.55. The molecule has 19 heavy (non-hydrogen) atoms. The number of alkyl halides is 2. The molecule has 0 aliphatic carbocycles. The summed E-state index contributed by atoms with van der Waals surface area (Å²) in [4.78, 5) is 11.6. The molecule has 0 radical (unpaired) electrons. The number of carbonyl (C=O) groups is 1. The summed E-state index contributed by atoms with van der Waals surface area (Å²) in [5.74, 6) is 0.231. The molecular formula is C14H18F2N2O. The van der Waals surface area contributed by atoms with E-state index >= 15 is 0 Å². The first-order valence-corrected chi connectivity index (χ1v) is 6.41. The summed E-state index contributed by atoms with van der Waals surface area (Å²) in [6.45, 7) is 5.67. The van der Waals surface area contributed by atoms with Gasteiger partial charge in [0.15, 0.2) is 0 Å². The van der Waals surface area contributed by atoms with Gasteiger partial charge < -0.3 is 10.6 Å². The van der Waals surface area contributed by atoms with Crippen LogP contribution in [0.4, 0.5) is 8.78 Å². The lowest BCUT2D eigenvalue weighted by Crippen LogP contribution is -2.19. The van der Waals surface area contributed by atoms with E-state index in [2.05, 4.69) is 24.5 Å². The zero-order valence-corrected chi connectivity index (χ0v) is 11.1. The van der Waals surface area contributed by atoms with Crippen molar-refractivity contribution >= 4 is 5.91 Å². The van der Waals surface area contributed by atoms with Crippen LogP contribution in [0.1, 0.15) is 47.3 Å². The summed E-state index contributed by atoms with van der Waals surface area (Å²) in [6, 6.07) is 3.20. The van der Waals surface area contributed by atoms with Gasteiger partial charge in [0.2, 0.25) is 0 Å². The van der Waals surface area contributed by atoms with Crippen LogP contribution in [0.5, 0.6) is 0 Å². The van der Waals surface area contributed by atoms with Crippen molar-refractivity contribution in [1.29, 1.82) is 0 Å². The minimum Gasteiger partial charge on any atom is -0.348 e. The van der Waals surface area contributed by atoms with Crippen molar-refractivity contribution in [3.8, 4) is 0 Å². The highest BCUT2D eigenvalue weighted by atomic mass is 19.3. The zero-order chi connectivity index (χ0) is 14.0. The van der Waals surface area contributed by atoms with Gasteiger partial charge in [0.05, 0.1) is 0 Å². The molecule has 1 aliphatic heterocycles. The first-order chi connectivity index (χ1) is 8.99. The fourth-order valence-corrected chi connectivity index (χ4v) is 2.22. The van der Waals surface area contributed by atoms with Gasteiger partial charge in [-0.2, -0.15) is 0 Å². The lowest BCUT2D eigenvalue weighted by molar-refractivity contribution is 0.0965. The van der Waals surface area contributed by atoms with Crippen LogP contribution in [0.2, 0.25) is 0 Å². The highest BCUT2D eigenvalue weighted by molar-refractivity contribution is 5.98. The molecule has 5 heteroatoms. The van der Waals surface area contributed by atoms with E-state index in [9.17, 15) is 13.6 Å². The maximum absolute atomic E-state index is 13.0. The SMILES string of the molecule is CC(C)CNCc1cc2c(c(C(F)F)c1)CNC2=O. The van der Waals surface area contributed by atoms with Crippen molar-refractivity contribution < 1.29 is 13.6 Å². The van der Waals surface area contributed by atoms with Crippen LogP contribution in [0.15, 0.2) is 12.1 Å². The molecular weight excluding hydrogens is 250 g/mol. The number of nitrogens with one attached hydrogen (secondary N) is 2. The molecule has 3 nitrogen and oxygen atoms in total. The Labute approximate surface area is 111 Å². The Morgan fingerprint density at radius 1 is 1.37 bits per heavy atom. The molecule has 1 heterocycles.